The van der Waals surface area contributed by atoms with Crippen LogP contribution in [0.2, 0.25) is 0 Å². The summed E-state index contributed by atoms with van der Waals surface area (Å²) in [5, 5.41) is 0. The van der Waals surface area contributed by atoms with Gasteiger partial charge in [0.1, 0.15) is 0 Å². The third-order valence-electron chi connectivity index (χ3n) is 3.15. The summed E-state index contributed by atoms with van der Waals surface area (Å²) in [4.78, 5) is 44.7. The highest BCUT2D eigenvalue weighted by atomic mass is 32.4. The second kappa shape index (κ2) is 4.71. The fourth-order valence-corrected chi connectivity index (χ4v) is 13.1. The number of rotatable bonds is 6. The standard InChI is InChI=1S/C10H16O4S2/c1-3-9-15(5-11,6-12)10(4-2)16(9,7-13)8-14/h5-10H,3-4H2,1-2H3. The summed E-state index contributed by atoms with van der Waals surface area (Å²) in [6.07, 6.45) is 1.08. The summed E-state index contributed by atoms with van der Waals surface area (Å²) < 4.78 is -0.648. The Labute approximate surface area is 97.8 Å². The Morgan fingerprint density at radius 2 is 1.00 bits per heavy atom. The molecule has 6 heteroatoms. The Kier molecular flexibility index (Phi) is 3.96. The molecule has 0 aromatic rings. The van der Waals surface area contributed by atoms with Gasteiger partial charge in [-0.2, -0.15) is 0 Å². The van der Waals surface area contributed by atoms with Gasteiger partial charge in [-0.1, -0.05) is 13.8 Å². The zero-order valence-corrected chi connectivity index (χ0v) is 11.0. The SMILES string of the molecule is CCC1S(C=O)(C=O)C(CC)S1(C=O)C=O. The molecule has 0 unspecified atom stereocenters. The molecule has 0 N–H and O–H groups in total. The monoisotopic (exact) mass is 264 g/mol. The molecule has 1 rings (SSSR count). The van der Waals surface area contributed by atoms with Crippen molar-refractivity contribution in [2.75, 3.05) is 0 Å². The van der Waals surface area contributed by atoms with Crippen LogP contribution in [0.1, 0.15) is 26.7 Å². The molecule has 0 bridgehead atoms. The molecule has 0 aromatic heterocycles. The van der Waals surface area contributed by atoms with Gasteiger partial charge < -0.3 is 0 Å². The van der Waals surface area contributed by atoms with Gasteiger partial charge >= 0.3 is 0 Å². The average Bonchev–Trinajstić information content (AvgIpc) is 2.31. The maximum atomic E-state index is 11.2. The lowest BCUT2D eigenvalue weighted by Crippen LogP contribution is -2.50. The molecule has 1 saturated heterocycles. The molecule has 4 nitrogen and oxygen atoms in total. The Balaban J connectivity index is 3.27. The number of carbonyl (C=O) groups excluding carboxylic acids is 4. The normalized spacial score (nSPS) is 33.9. The van der Waals surface area contributed by atoms with Crippen LogP contribution < -0.4 is 0 Å². The second-order valence-corrected chi connectivity index (χ2v) is 10.6. The van der Waals surface area contributed by atoms with Gasteiger partial charge in [0, 0.05) is 9.16 Å². The molecular weight excluding hydrogens is 248 g/mol. The summed E-state index contributed by atoms with van der Waals surface area (Å²) in [6.45, 7) is 3.64. The van der Waals surface area contributed by atoms with E-state index in [4.69, 9.17) is 0 Å². The lowest BCUT2D eigenvalue weighted by atomic mass is 10.5. The number of hydrogen-bond donors (Lipinski definition) is 0. The largest absolute Gasteiger partial charge is 0.292 e. The van der Waals surface area contributed by atoms with Crippen LogP contribution in [0.4, 0.5) is 0 Å². The van der Waals surface area contributed by atoms with E-state index in [-0.39, 0.29) is 9.16 Å². The molecule has 1 fully saturated rings. The first-order valence-corrected chi connectivity index (χ1v) is 8.83. The Morgan fingerprint density at radius 3 is 1.12 bits per heavy atom. The minimum atomic E-state index is -2.07. The molecule has 0 aromatic carbocycles. The summed E-state index contributed by atoms with van der Waals surface area (Å²) in [5.74, 6) is 0. The first-order valence-electron chi connectivity index (χ1n) is 5.06. The minimum Gasteiger partial charge on any atom is -0.292 e. The van der Waals surface area contributed by atoms with Crippen molar-refractivity contribution in [3.63, 3.8) is 0 Å². The minimum absolute atomic E-state index is 0.324. The Morgan fingerprint density at radius 1 is 0.750 bits per heavy atom. The van der Waals surface area contributed by atoms with Gasteiger partial charge in [-0.05, 0) is 12.8 Å². The molecule has 0 radical (unpaired) electrons. The van der Waals surface area contributed by atoms with E-state index in [0.29, 0.717) is 35.3 Å². The van der Waals surface area contributed by atoms with Crippen molar-refractivity contribution in [3.05, 3.63) is 0 Å². The number of carbonyl (C=O) groups is 4. The molecule has 0 aliphatic carbocycles. The maximum Gasteiger partial charge on any atom is 0.167 e. The molecule has 1 aliphatic heterocycles. The van der Waals surface area contributed by atoms with Crippen molar-refractivity contribution in [3.8, 4) is 0 Å². The van der Waals surface area contributed by atoms with Crippen molar-refractivity contribution in [1.29, 1.82) is 0 Å². The van der Waals surface area contributed by atoms with E-state index in [0.717, 1.165) is 0 Å². The summed E-state index contributed by atoms with van der Waals surface area (Å²) >= 11 is 0. The van der Waals surface area contributed by atoms with E-state index < -0.39 is 20.1 Å². The second-order valence-electron chi connectivity index (χ2n) is 3.69. The van der Waals surface area contributed by atoms with E-state index in [2.05, 4.69) is 0 Å². The summed E-state index contributed by atoms with van der Waals surface area (Å²) in [5.41, 5.74) is 2.84. The summed E-state index contributed by atoms with van der Waals surface area (Å²) in [6, 6.07) is 0. The lowest BCUT2D eigenvalue weighted by molar-refractivity contribution is 0.563. The molecule has 0 spiro atoms. The predicted molar refractivity (Wildman–Crippen MR) is 70.3 cm³/mol. The molecule has 0 atom stereocenters. The van der Waals surface area contributed by atoms with E-state index in [9.17, 15) is 19.2 Å². The fraction of sp³-hybridized carbons (Fsp3) is 0.600. The lowest BCUT2D eigenvalue weighted by Gasteiger charge is -2.65. The van der Waals surface area contributed by atoms with Crippen LogP contribution in [0.15, 0.2) is 0 Å². The van der Waals surface area contributed by atoms with Crippen LogP contribution in [0, 0.1) is 0 Å². The van der Waals surface area contributed by atoms with Crippen LogP contribution in [0.25, 0.3) is 0 Å². The van der Waals surface area contributed by atoms with Crippen molar-refractivity contribution in [2.24, 2.45) is 0 Å². The quantitative estimate of drug-likeness (QED) is 0.686. The third-order valence-corrected chi connectivity index (χ3v) is 13.5. The number of hydrogen-bond acceptors (Lipinski definition) is 4. The van der Waals surface area contributed by atoms with Gasteiger partial charge in [0.05, 0.1) is 0 Å². The van der Waals surface area contributed by atoms with Crippen LogP contribution in [-0.4, -0.2) is 31.6 Å². The smallest absolute Gasteiger partial charge is 0.167 e. The van der Waals surface area contributed by atoms with Crippen LogP contribution in [-0.2, 0) is 19.2 Å². The van der Waals surface area contributed by atoms with Crippen LogP contribution in [0.5, 0.6) is 0 Å². The molecular formula is C10H16O4S2. The molecule has 0 saturated carbocycles. The molecule has 92 valence electrons. The molecule has 16 heavy (non-hydrogen) atoms. The van der Waals surface area contributed by atoms with Gasteiger partial charge in [0.2, 0.25) is 0 Å². The third kappa shape index (κ3) is 1.32. The summed E-state index contributed by atoms with van der Waals surface area (Å²) in [7, 11) is -4.14. The van der Waals surface area contributed by atoms with Gasteiger partial charge in [-0.3, -0.25) is 19.2 Å². The fourth-order valence-electron chi connectivity index (χ4n) is 2.56. The molecule has 0 amide bonds. The van der Waals surface area contributed by atoms with Gasteiger partial charge in [-0.25, -0.2) is 0 Å². The van der Waals surface area contributed by atoms with Gasteiger partial charge in [0.25, 0.3) is 0 Å². The molecule has 1 aliphatic rings. The van der Waals surface area contributed by atoms with E-state index in [1.807, 2.05) is 13.8 Å². The van der Waals surface area contributed by atoms with Crippen LogP contribution in [0.3, 0.4) is 0 Å². The van der Waals surface area contributed by atoms with Crippen molar-refractivity contribution >= 4 is 42.5 Å². The molecule has 1 heterocycles. The van der Waals surface area contributed by atoms with Crippen molar-refractivity contribution in [1.82, 2.24) is 0 Å². The van der Waals surface area contributed by atoms with Crippen molar-refractivity contribution < 1.29 is 19.2 Å². The van der Waals surface area contributed by atoms with Crippen molar-refractivity contribution in [2.45, 2.75) is 35.9 Å². The highest BCUT2D eigenvalue weighted by Gasteiger charge is 2.64. The maximum absolute atomic E-state index is 11.2. The zero-order chi connectivity index (χ0) is 12.4. The first kappa shape index (κ1) is 13.4. The van der Waals surface area contributed by atoms with Gasteiger partial charge in [-0.15, -0.1) is 20.1 Å². The van der Waals surface area contributed by atoms with Gasteiger partial charge in [0.15, 0.2) is 22.5 Å². The van der Waals surface area contributed by atoms with E-state index in [1.54, 1.807) is 0 Å². The predicted octanol–water partition coefficient (Wildman–Crippen LogP) is 1.84. The van der Waals surface area contributed by atoms with E-state index in [1.165, 1.54) is 0 Å². The highest BCUT2D eigenvalue weighted by molar-refractivity contribution is 8.81. The zero-order valence-electron chi connectivity index (χ0n) is 9.33. The highest BCUT2D eigenvalue weighted by Crippen LogP contribution is 2.85. The Bertz CT molecular complexity index is 269. The van der Waals surface area contributed by atoms with E-state index >= 15 is 0 Å². The first-order chi connectivity index (χ1) is 7.63. The van der Waals surface area contributed by atoms with Crippen LogP contribution >= 0.6 is 20.1 Å². The topological polar surface area (TPSA) is 68.3 Å². The average molecular weight is 264 g/mol. The Hall–Kier alpha value is -0.620.